The zero-order valence-corrected chi connectivity index (χ0v) is 16.2. The smallest absolute Gasteiger partial charge is 0.226 e. The third kappa shape index (κ3) is 4.40. The molecule has 0 saturated carbocycles. The summed E-state index contributed by atoms with van der Waals surface area (Å²) in [6, 6.07) is 14.2. The van der Waals surface area contributed by atoms with E-state index in [-0.39, 0.29) is 5.91 Å². The number of hydrogen-bond donors (Lipinski definition) is 1. The summed E-state index contributed by atoms with van der Waals surface area (Å²) in [7, 11) is 0. The maximum atomic E-state index is 12.5. The highest BCUT2D eigenvalue weighted by molar-refractivity contribution is 5.91. The number of hydrogen-bond acceptors (Lipinski definition) is 4. The number of carbonyl (C=O) groups excluding carboxylic acids is 1. The lowest BCUT2D eigenvalue weighted by atomic mass is 10.1. The highest BCUT2D eigenvalue weighted by Gasteiger charge is 2.12. The molecule has 0 spiro atoms. The molecule has 28 heavy (non-hydrogen) atoms. The van der Waals surface area contributed by atoms with Crippen LogP contribution in [0.4, 0.5) is 5.69 Å². The van der Waals surface area contributed by atoms with Crippen LogP contribution < -0.4 is 5.32 Å². The average molecular weight is 378 g/mol. The number of aromatic nitrogens is 2. The number of para-hydroxylation sites is 1. The number of nitrogens with one attached hydrogen (secondary N) is 1. The largest absolute Gasteiger partial charge is 0.379 e. The van der Waals surface area contributed by atoms with Gasteiger partial charge in [0, 0.05) is 37.1 Å². The normalized spacial score (nSPS) is 15.0. The van der Waals surface area contributed by atoms with E-state index in [0.717, 1.165) is 49.4 Å². The Balaban J connectivity index is 1.35. The van der Waals surface area contributed by atoms with E-state index >= 15 is 0 Å². The summed E-state index contributed by atoms with van der Waals surface area (Å²) in [5.74, 6) is 0.000701. The van der Waals surface area contributed by atoms with Crippen molar-refractivity contribution >= 4 is 22.5 Å². The number of fused-ring (bicyclic) bond motifs is 1. The van der Waals surface area contributed by atoms with Gasteiger partial charge >= 0.3 is 0 Å². The summed E-state index contributed by atoms with van der Waals surface area (Å²) < 4.78 is 7.32. The van der Waals surface area contributed by atoms with Crippen molar-refractivity contribution in [2.75, 3.05) is 31.6 Å². The van der Waals surface area contributed by atoms with E-state index in [1.54, 1.807) is 0 Å². The summed E-state index contributed by atoms with van der Waals surface area (Å²) in [5, 5.41) is 8.56. The third-order valence-electron chi connectivity index (χ3n) is 5.13. The van der Waals surface area contributed by atoms with E-state index in [9.17, 15) is 4.79 Å². The molecule has 0 atom stereocenters. The number of nitrogens with zero attached hydrogens (tertiary/aromatic N) is 3. The van der Waals surface area contributed by atoms with E-state index in [4.69, 9.17) is 4.74 Å². The Morgan fingerprint density at radius 3 is 2.86 bits per heavy atom. The molecule has 1 amide bonds. The Hall–Kier alpha value is -2.70. The molecule has 1 aromatic heterocycles. The minimum Gasteiger partial charge on any atom is -0.379 e. The predicted molar refractivity (Wildman–Crippen MR) is 110 cm³/mol. The van der Waals surface area contributed by atoms with Crippen LogP contribution in [0.2, 0.25) is 0 Å². The van der Waals surface area contributed by atoms with Crippen molar-refractivity contribution in [1.82, 2.24) is 14.7 Å². The molecule has 1 saturated heterocycles. The Kier molecular flexibility index (Phi) is 5.69. The lowest BCUT2D eigenvalue weighted by Gasteiger charge is -2.26. The van der Waals surface area contributed by atoms with Gasteiger partial charge in [-0.3, -0.25) is 14.4 Å². The lowest BCUT2D eigenvalue weighted by molar-refractivity contribution is -0.116. The van der Waals surface area contributed by atoms with Crippen molar-refractivity contribution in [1.29, 1.82) is 0 Å². The molecule has 1 aliphatic heterocycles. The summed E-state index contributed by atoms with van der Waals surface area (Å²) in [6.07, 6.45) is 2.24. The predicted octanol–water partition coefficient (Wildman–Crippen LogP) is 3.21. The molecule has 1 aliphatic rings. The second kappa shape index (κ2) is 8.54. The van der Waals surface area contributed by atoms with Gasteiger partial charge in [-0.05, 0) is 30.2 Å². The summed E-state index contributed by atoms with van der Waals surface area (Å²) in [5.41, 5.74) is 4.32. The second-order valence-corrected chi connectivity index (χ2v) is 7.27. The average Bonchev–Trinajstić information content (AvgIpc) is 3.12. The van der Waals surface area contributed by atoms with Crippen molar-refractivity contribution in [3.63, 3.8) is 0 Å². The number of morpholine rings is 1. The maximum Gasteiger partial charge on any atom is 0.226 e. The molecule has 0 unspecified atom stereocenters. The SMILES string of the molecule is Cc1cccc2cnn(CCC(=O)Nc3cccc(CN4CCOCC4)c3)c12. The van der Waals surface area contributed by atoms with Crippen LogP contribution in [0, 0.1) is 6.92 Å². The Labute approximate surface area is 165 Å². The van der Waals surface area contributed by atoms with Crippen molar-refractivity contribution in [2.24, 2.45) is 0 Å². The van der Waals surface area contributed by atoms with Crippen molar-refractivity contribution < 1.29 is 9.53 Å². The number of rotatable bonds is 6. The summed E-state index contributed by atoms with van der Waals surface area (Å²) in [6.45, 7) is 7.00. The highest BCUT2D eigenvalue weighted by Crippen LogP contribution is 2.18. The molecule has 6 nitrogen and oxygen atoms in total. The van der Waals surface area contributed by atoms with Crippen LogP contribution in [0.5, 0.6) is 0 Å². The summed E-state index contributed by atoms with van der Waals surface area (Å²) in [4.78, 5) is 14.8. The van der Waals surface area contributed by atoms with Gasteiger partial charge in [0.15, 0.2) is 0 Å². The molecule has 146 valence electrons. The van der Waals surface area contributed by atoms with Crippen molar-refractivity contribution in [2.45, 2.75) is 26.4 Å². The topological polar surface area (TPSA) is 59.4 Å². The number of aryl methyl sites for hydroxylation is 2. The molecule has 1 fully saturated rings. The Morgan fingerprint density at radius 2 is 2.00 bits per heavy atom. The molecule has 2 heterocycles. The molecule has 3 aromatic rings. The van der Waals surface area contributed by atoms with Crippen LogP contribution in [-0.2, 0) is 22.6 Å². The molecular formula is C22H26N4O2. The van der Waals surface area contributed by atoms with Gasteiger partial charge in [0.05, 0.1) is 31.5 Å². The van der Waals surface area contributed by atoms with E-state index in [2.05, 4.69) is 40.4 Å². The van der Waals surface area contributed by atoms with Gasteiger partial charge < -0.3 is 10.1 Å². The Morgan fingerprint density at radius 1 is 1.18 bits per heavy atom. The Bertz CT molecular complexity index is 960. The quantitative estimate of drug-likeness (QED) is 0.716. The van der Waals surface area contributed by atoms with Gasteiger partial charge in [-0.25, -0.2) is 0 Å². The van der Waals surface area contributed by atoms with Crippen LogP contribution in [0.15, 0.2) is 48.7 Å². The molecule has 1 N–H and O–H groups in total. The zero-order valence-electron chi connectivity index (χ0n) is 16.2. The van der Waals surface area contributed by atoms with Gasteiger partial charge in [-0.1, -0.05) is 30.3 Å². The van der Waals surface area contributed by atoms with E-state index in [0.29, 0.717) is 13.0 Å². The van der Waals surface area contributed by atoms with Gasteiger partial charge in [0.25, 0.3) is 0 Å². The molecule has 6 heteroatoms. The minimum atomic E-state index is 0.000701. The monoisotopic (exact) mass is 378 g/mol. The van der Waals surface area contributed by atoms with Crippen LogP contribution in [-0.4, -0.2) is 46.9 Å². The maximum absolute atomic E-state index is 12.5. The molecule has 4 rings (SSSR count). The van der Waals surface area contributed by atoms with Gasteiger partial charge in [-0.15, -0.1) is 0 Å². The minimum absolute atomic E-state index is 0.000701. The highest BCUT2D eigenvalue weighted by atomic mass is 16.5. The molecule has 0 radical (unpaired) electrons. The van der Waals surface area contributed by atoms with E-state index < -0.39 is 0 Å². The van der Waals surface area contributed by atoms with Gasteiger partial charge in [-0.2, -0.15) is 5.10 Å². The summed E-state index contributed by atoms with van der Waals surface area (Å²) >= 11 is 0. The standard InChI is InChI=1S/C22H26N4O2/c1-17-4-2-6-19-15-23-26(22(17)19)9-8-21(27)24-20-7-3-5-18(14-20)16-25-10-12-28-13-11-25/h2-7,14-15H,8-13,16H2,1H3,(H,24,27). The second-order valence-electron chi connectivity index (χ2n) is 7.27. The first kappa shape index (κ1) is 18.7. The lowest BCUT2D eigenvalue weighted by Crippen LogP contribution is -2.35. The number of carbonyl (C=O) groups is 1. The van der Waals surface area contributed by atoms with Crippen LogP contribution in [0.25, 0.3) is 10.9 Å². The number of benzene rings is 2. The van der Waals surface area contributed by atoms with E-state index in [1.807, 2.05) is 35.1 Å². The van der Waals surface area contributed by atoms with Crippen molar-refractivity contribution in [3.8, 4) is 0 Å². The molecule has 0 aliphatic carbocycles. The molecule has 0 bridgehead atoms. The fourth-order valence-electron chi connectivity index (χ4n) is 3.69. The fraction of sp³-hybridized carbons (Fsp3) is 0.364. The third-order valence-corrected chi connectivity index (χ3v) is 5.13. The zero-order chi connectivity index (χ0) is 19.3. The molecule has 2 aromatic carbocycles. The first-order valence-corrected chi connectivity index (χ1v) is 9.79. The first-order chi connectivity index (χ1) is 13.7. The van der Waals surface area contributed by atoms with Crippen molar-refractivity contribution in [3.05, 3.63) is 59.8 Å². The number of ether oxygens (including phenoxy) is 1. The number of anilines is 1. The van der Waals surface area contributed by atoms with Gasteiger partial charge in [0.1, 0.15) is 0 Å². The number of amides is 1. The fourth-order valence-corrected chi connectivity index (χ4v) is 3.69. The van der Waals surface area contributed by atoms with Crippen LogP contribution in [0.3, 0.4) is 0 Å². The van der Waals surface area contributed by atoms with Crippen LogP contribution >= 0.6 is 0 Å². The van der Waals surface area contributed by atoms with Gasteiger partial charge in [0.2, 0.25) is 5.91 Å². The first-order valence-electron chi connectivity index (χ1n) is 9.79. The van der Waals surface area contributed by atoms with Crippen LogP contribution in [0.1, 0.15) is 17.5 Å². The van der Waals surface area contributed by atoms with E-state index in [1.165, 1.54) is 11.1 Å². The molecular weight excluding hydrogens is 352 g/mol.